The fourth-order valence-electron chi connectivity index (χ4n) is 2.87. The molecule has 4 nitrogen and oxygen atoms in total. The van der Waals surface area contributed by atoms with Crippen LogP contribution < -0.4 is 16.0 Å². The van der Waals surface area contributed by atoms with E-state index < -0.39 is 0 Å². The third kappa shape index (κ3) is 3.51. The number of primary amides is 1. The molecule has 4 heteroatoms. The van der Waals surface area contributed by atoms with Gasteiger partial charge in [-0.15, -0.1) is 0 Å². The van der Waals surface area contributed by atoms with Gasteiger partial charge in [-0.05, 0) is 43.5 Å². The summed E-state index contributed by atoms with van der Waals surface area (Å²) in [5.74, 6) is -0.227. The number of anilines is 1. The number of nitrogens with zero attached hydrogens (tertiary/aromatic N) is 1. The first-order chi connectivity index (χ1) is 9.61. The van der Waals surface area contributed by atoms with Crippen LogP contribution in [0.1, 0.15) is 43.9 Å². The Kier molecular flexibility index (Phi) is 5.01. The number of carbonyl (C=O) groups is 1. The highest BCUT2D eigenvalue weighted by Crippen LogP contribution is 2.29. The minimum atomic E-state index is -0.227. The molecule has 1 unspecified atom stereocenters. The Balaban J connectivity index is 2.15. The molecule has 0 radical (unpaired) electrons. The topological polar surface area (TPSA) is 58.4 Å². The van der Waals surface area contributed by atoms with Gasteiger partial charge in [-0.1, -0.05) is 19.1 Å². The molecule has 0 saturated carbocycles. The largest absolute Gasteiger partial charge is 0.371 e. The van der Waals surface area contributed by atoms with Crippen LogP contribution in [0.25, 0.3) is 0 Å². The van der Waals surface area contributed by atoms with Gasteiger partial charge in [-0.3, -0.25) is 4.79 Å². The summed E-state index contributed by atoms with van der Waals surface area (Å²) in [4.78, 5) is 13.2. The highest BCUT2D eigenvalue weighted by Gasteiger charge is 2.18. The molecular weight excluding hydrogens is 250 g/mol. The van der Waals surface area contributed by atoms with Gasteiger partial charge >= 0.3 is 0 Å². The van der Waals surface area contributed by atoms with Crippen molar-refractivity contribution in [1.29, 1.82) is 0 Å². The summed E-state index contributed by atoms with van der Waals surface area (Å²) in [6.45, 7) is 7.04. The summed E-state index contributed by atoms with van der Waals surface area (Å²) in [6, 6.07) is 7.07. The van der Waals surface area contributed by atoms with Crippen molar-refractivity contribution in [3.8, 4) is 0 Å². The Morgan fingerprint density at radius 1 is 1.50 bits per heavy atom. The number of hydrogen-bond donors (Lipinski definition) is 2. The molecule has 0 saturated heterocycles. The Morgan fingerprint density at radius 2 is 2.30 bits per heavy atom. The molecule has 0 fully saturated rings. The second kappa shape index (κ2) is 6.75. The highest BCUT2D eigenvalue weighted by atomic mass is 16.1. The van der Waals surface area contributed by atoms with Crippen molar-refractivity contribution in [3.05, 3.63) is 29.3 Å². The van der Waals surface area contributed by atoms with Crippen molar-refractivity contribution in [2.24, 2.45) is 5.73 Å². The predicted molar refractivity (Wildman–Crippen MR) is 82.9 cm³/mol. The molecule has 1 aliphatic heterocycles. The normalized spacial score (nSPS) is 15.8. The molecule has 1 amide bonds. The lowest BCUT2D eigenvalue weighted by Crippen LogP contribution is -2.32. The van der Waals surface area contributed by atoms with Gasteiger partial charge in [0.15, 0.2) is 0 Å². The molecule has 0 spiro atoms. The van der Waals surface area contributed by atoms with Gasteiger partial charge in [0, 0.05) is 31.2 Å². The minimum absolute atomic E-state index is 0.227. The first-order valence-corrected chi connectivity index (χ1v) is 7.51. The van der Waals surface area contributed by atoms with E-state index in [0.29, 0.717) is 12.5 Å². The number of rotatable bonds is 6. The Hall–Kier alpha value is -1.55. The molecule has 1 aromatic carbocycles. The number of amides is 1. The lowest BCUT2D eigenvalue weighted by atomic mass is 9.96. The third-order valence-corrected chi connectivity index (χ3v) is 3.96. The maximum Gasteiger partial charge on any atom is 0.219 e. The zero-order valence-electron chi connectivity index (χ0n) is 12.5. The standard InChI is InChI=1S/C16H25N3O/c1-3-18-12(2)13-6-7-15-14(11-13)5-4-9-19(15)10-8-16(17)20/h6-7,11-12,18H,3-5,8-10H2,1-2H3,(H2,17,20). The van der Waals surface area contributed by atoms with Crippen molar-refractivity contribution >= 4 is 11.6 Å². The van der Waals surface area contributed by atoms with Gasteiger partial charge in [-0.2, -0.15) is 0 Å². The molecule has 3 N–H and O–H groups in total. The number of aryl methyl sites for hydroxylation is 1. The zero-order chi connectivity index (χ0) is 14.5. The maximum absolute atomic E-state index is 11.0. The first kappa shape index (κ1) is 14.9. The van der Waals surface area contributed by atoms with E-state index in [0.717, 1.165) is 32.5 Å². The molecule has 20 heavy (non-hydrogen) atoms. The SMILES string of the molecule is CCNC(C)c1ccc2c(c1)CCCN2CCC(N)=O. The summed E-state index contributed by atoms with van der Waals surface area (Å²) in [5.41, 5.74) is 9.25. The Morgan fingerprint density at radius 3 is 3.00 bits per heavy atom. The van der Waals surface area contributed by atoms with Crippen molar-refractivity contribution in [1.82, 2.24) is 5.32 Å². The molecule has 0 aliphatic carbocycles. The molecule has 0 bridgehead atoms. The van der Waals surface area contributed by atoms with Gasteiger partial charge in [0.05, 0.1) is 0 Å². The summed E-state index contributed by atoms with van der Waals surface area (Å²) >= 11 is 0. The quantitative estimate of drug-likeness (QED) is 0.834. The number of fused-ring (bicyclic) bond motifs is 1. The van der Waals surface area contributed by atoms with E-state index >= 15 is 0 Å². The van der Waals surface area contributed by atoms with Crippen LogP contribution in [-0.4, -0.2) is 25.5 Å². The second-order valence-corrected chi connectivity index (χ2v) is 5.47. The van der Waals surface area contributed by atoms with Crippen LogP contribution in [0.15, 0.2) is 18.2 Å². The van der Waals surface area contributed by atoms with E-state index in [2.05, 4.69) is 42.3 Å². The average Bonchev–Trinajstić information content (AvgIpc) is 2.44. The Labute approximate surface area is 121 Å². The summed E-state index contributed by atoms with van der Waals surface area (Å²) in [7, 11) is 0. The van der Waals surface area contributed by atoms with Crippen LogP contribution in [0.5, 0.6) is 0 Å². The lowest BCUT2D eigenvalue weighted by Gasteiger charge is -2.32. The first-order valence-electron chi connectivity index (χ1n) is 7.51. The molecule has 1 atom stereocenters. The van der Waals surface area contributed by atoms with Crippen LogP contribution >= 0.6 is 0 Å². The molecule has 1 aliphatic rings. The number of carbonyl (C=O) groups excluding carboxylic acids is 1. The van der Waals surface area contributed by atoms with Crippen molar-refractivity contribution in [3.63, 3.8) is 0 Å². The third-order valence-electron chi connectivity index (χ3n) is 3.96. The Bertz CT molecular complexity index is 473. The van der Waals surface area contributed by atoms with Crippen molar-refractivity contribution in [2.45, 2.75) is 39.2 Å². The number of nitrogens with one attached hydrogen (secondary N) is 1. The number of hydrogen-bond acceptors (Lipinski definition) is 3. The summed E-state index contributed by atoms with van der Waals surface area (Å²) in [6.07, 6.45) is 2.69. The smallest absolute Gasteiger partial charge is 0.219 e. The van der Waals surface area contributed by atoms with E-state index in [1.54, 1.807) is 0 Å². The van der Waals surface area contributed by atoms with Crippen LogP contribution in [0.2, 0.25) is 0 Å². The van der Waals surface area contributed by atoms with E-state index in [4.69, 9.17) is 5.73 Å². The fraction of sp³-hybridized carbons (Fsp3) is 0.562. The van der Waals surface area contributed by atoms with Crippen LogP contribution in [0.3, 0.4) is 0 Å². The van der Waals surface area contributed by atoms with Gasteiger partial charge in [0.1, 0.15) is 0 Å². The van der Waals surface area contributed by atoms with Crippen LogP contribution in [0.4, 0.5) is 5.69 Å². The molecule has 1 heterocycles. The van der Waals surface area contributed by atoms with E-state index in [1.165, 1.54) is 16.8 Å². The lowest BCUT2D eigenvalue weighted by molar-refractivity contribution is -0.117. The average molecular weight is 275 g/mol. The molecule has 0 aromatic heterocycles. The van der Waals surface area contributed by atoms with E-state index in [9.17, 15) is 4.79 Å². The van der Waals surface area contributed by atoms with Crippen LogP contribution in [0, 0.1) is 0 Å². The molecule has 2 rings (SSSR count). The highest BCUT2D eigenvalue weighted by molar-refractivity contribution is 5.74. The van der Waals surface area contributed by atoms with Crippen molar-refractivity contribution < 1.29 is 4.79 Å². The van der Waals surface area contributed by atoms with Gasteiger partial charge < -0.3 is 16.0 Å². The van der Waals surface area contributed by atoms with Crippen LogP contribution in [-0.2, 0) is 11.2 Å². The number of nitrogens with two attached hydrogens (primary N) is 1. The van der Waals surface area contributed by atoms with Crippen molar-refractivity contribution in [2.75, 3.05) is 24.5 Å². The maximum atomic E-state index is 11.0. The molecule has 1 aromatic rings. The molecular formula is C16H25N3O. The fourth-order valence-corrected chi connectivity index (χ4v) is 2.87. The summed E-state index contributed by atoms with van der Waals surface area (Å²) < 4.78 is 0. The van der Waals surface area contributed by atoms with Gasteiger partial charge in [0.2, 0.25) is 5.91 Å². The van der Waals surface area contributed by atoms with E-state index in [-0.39, 0.29) is 5.91 Å². The van der Waals surface area contributed by atoms with Gasteiger partial charge in [0.25, 0.3) is 0 Å². The zero-order valence-corrected chi connectivity index (χ0v) is 12.5. The van der Waals surface area contributed by atoms with E-state index in [1.807, 2.05) is 0 Å². The minimum Gasteiger partial charge on any atom is -0.371 e. The second-order valence-electron chi connectivity index (χ2n) is 5.47. The number of benzene rings is 1. The monoisotopic (exact) mass is 275 g/mol. The summed E-state index contributed by atoms with van der Waals surface area (Å²) in [5, 5.41) is 3.45. The van der Waals surface area contributed by atoms with Gasteiger partial charge in [-0.25, -0.2) is 0 Å². The molecule has 110 valence electrons. The predicted octanol–water partition coefficient (Wildman–Crippen LogP) is 1.99.